The number of aliphatic hydroxyl groups excluding tert-OH is 1. The normalized spacial score (nSPS) is 29.8. The van der Waals surface area contributed by atoms with Crippen LogP contribution in [0, 0.1) is 11.8 Å². The highest BCUT2D eigenvalue weighted by molar-refractivity contribution is 5.69. The van der Waals surface area contributed by atoms with Crippen LogP contribution >= 0.6 is 0 Å². The standard InChI is InChI=1S/C13H22O3/c1-3-4-5-6-11-10(7-8-12(11)14)9-13(15)16-2/h4-5,10-12,14H,3,6-9H2,1-2H3/b5-4-/t10-,11?,12-/m0/s1. The SMILES string of the molecule is CC/C=C\CC1[C@H](CC(=O)OC)CC[C@@H]1O. The molecule has 16 heavy (non-hydrogen) atoms. The maximum absolute atomic E-state index is 11.2. The van der Waals surface area contributed by atoms with E-state index in [4.69, 9.17) is 0 Å². The van der Waals surface area contributed by atoms with Gasteiger partial charge < -0.3 is 9.84 Å². The third-order valence-corrected chi connectivity index (χ3v) is 3.40. The lowest BCUT2D eigenvalue weighted by Gasteiger charge is -2.19. The zero-order valence-corrected chi connectivity index (χ0v) is 10.2. The summed E-state index contributed by atoms with van der Waals surface area (Å²) in [4.78, 5) is 11.2. The second-order valence-corrected chi connectivity index (χ2v) is 4.46. The third-order valence-electron chi connectivity index (χ3n) is 3.40. The van der Waals surface area contributed by atoms with E-state index in [2.05, 4.69) is 23.8 Å². The zero-order chi connectivity index (χ0) is 12.0. The van der Waals surface area contributed by atoms with E-state index < -0.39 is 0 Å². The largest absolute Gasteiger partial charge is 0.469 e. The monoisotopic (exact) mass is 226 g/mol. The highest BCUT2D eigenvalue weighted by atomic mass is 16.5. The summed E-state index contributed by atoms with van der Waals surface area (Å²) in [5.41, 5.74) is 0. The lowest BCUT2D eigenvalue weighted by Crippen LogP contribution is -2.21. The van der Waals surface area contributed by atoms with Crippen molar-refractivity contribution in [1.82, 2.24) is 0 Å². The first kappa shape index (κ1) is 13.2. The molecule has 92 valence electrons. The molecule has 0 radical (unpaired) electrons. The van der Waals surface area contributed by atoms with Gasteiger partial charge in [-0.1, -0.05) is 19.1 Å². The molecule has 0 heterocycles. The van der Waals surface area contributed by atoms with Crippen LogP contribution in [0.25, 0.3) is 0 Å². The number of hydrogen-bond acceptors (Lipinski definition) is 3. The molecule has 0 aromatic heterocycles. The molecule has 3 atom stereocenters. The van der Waals surface area contributed by atoms with Crippen LogP contribution in [0.3, 0.4) is 0 Å². The van der Waals surface area contributed by atoms with E-state index in [1.54, 1.807) is 0 Å². The summed E-state index contributed by atoms with van der Waals surface area (Å²) in [6, 6.07) is 0. The van der Waals surface area contributed by atoms with Crippen LogP contribution in [0.4, 0.5) is 0 Å². The third kappa shape index (κ3) is 3.63. The van der Waals surface area contributed by atoms with Gasteiger partial charge in [-0.25, -0.2) is 0 Å². The van der Waals surface area contributed by atoms with E-state index in [1.165, 1.54) is 7.11 Å². The molecule has 0 bridgehead atoms. The maximum Gasteiger partial charge on any atom is 0.305 e. The van der Waals surface area contributed by atoms with Crippen LogP contribution in [0.1, 0.15) is 39.0 Å². The molecule has 0 spiro atoms. The Bertz CT molecular complexity index is 248. The number of aliphatic hydroxyl groups is 1. The van der Waals surface area contributed by atoms with Crippen molar-refractivity contribution in [3.05, 3.63) is 12.2 Å². The zero-order valence-electron chi connectivity index (χ0n) is 10.2. The van der Waals surface area contributed by atoms with E-state index in [-0.39, 0.29) is 23.9 Å². The number of methoxy groups -OCH3 is 1. The molecule has 1 unspecified atom stereocenters. The minimum Gasteiger partial charge on any atom is -0.469 e. The number of allylic oxidation sites excluding steroid dienone is 2. The van der Waals surface area contributed by atoms with Gasteiger partial charge in [0.1, 0.15) is 0 Å². The fourth-order valence-electron chi connectivity index (χ4n) is 2.45. The van der Waals surface area contributed by atoms with Crippen LogP contribution in [0.2, 0.25) is 0 Å². The molecular formula is C13H22O3. The van der Waals surface area contributed by atoms with Crippen LogP contribution < -0.4 is 0 Å². The van der Waals surface area contributed by atoms with Gasteiger partial charge in [-0.15, -0.1) is 0 Å². The number of carbonyl (C=O) groups excluding carboxylic acids is 1. The minimum absolute atomic E-state index is 0.163. The summed E-state index contributed by atoms with van der Waals surface area (Å²) in [5.74, 6) is 0.342. The topological polar surface area (TPSA) is 46.5 Å². The number of hydrogen-bond donors (Lipinski definition) is 1. The Kier molecular flexibility index (Phi) is 5.53. The smallest absolute Gasteiger partial charge is 0.305 e. The van der Waals surface area contributed by atoms with Crippen molar-refractivity contribution in [3.63, 3.8) is 0 Å². The Morgan fingerprint density at radius 3 is 2.81 bits per heavy atom. The highest BCUT2D eigenvalue weighted by Gasteiger charge is 2.35. The first-order valence-corrected chi connectivity index (χ1v) is 6.08. The summed E-state index contributed by atoms with van der Waals surface area (Å²) in [6.07, 6.45) is 8.05. The first-order chi connectivity index (χ1) is 7.69. The van der Waals surface area contributed by atoms with Gasteiger partial charge in [-0.2, -0.15) is 0 Å². The number of carbonyl (C=O) groups is 1. The van der Waals surface area contributed by atoms with Crippen molar-refractivity contribution >= 4 is 5.97 Å². The highest BCUT2D eigenvalue weighted by Crippen LogP contribution is 2.37. The van der Waals surface area contributed by atoms with Crippen LogP contribution in [-0.4, -0.2) is 24.3 Å². The summed E-state index contributed by atoms with van der Waals surface area (Å²) in [7, 11) is 1.42. The van der Waals surface area contributed by atoms with E-state index in [1.807, 2.05) is 0 Å². The number of ether oxygens (including phenoxy) is 1. The molecule has 0 aliphatic heterocycles. The predicted molar refractivity (Wildman–Crippen MR) is 62.9 cm³/mol. The summed E-state index contributed by atoms with van der Waals surface area (Å²) < 4.78 is 4.68. The average Bonchev–Trinajstić information content (AvgIpc) is 2.61. The Morgan fingerprint density at radius 2 is 2.19 bits per heavy atom. The molecule has 1 N–H and O–H groups in total. The van der Waals surface area contributed by atoms with E-state index >= 15 is 0 Å². The molecule has 1 fully saturated rings. The van der Waals surface area contributed by atoms with Gasteiger partial charge >= 0.3 is 5.97 Å². The molecule has 0 aromatic carbocycles. The molecule has 3 nitrogen and oxygen atoms in total. The van der Waals surface area contributed by atoms with Crippen LogP contribution in [-0.2, 0) is 9.53 Å². The van der Waals surface area contributed by atoms with Gasteiger partial charge in [0.15, 0.2) is 0 Å². The van der Waals surface area contributed by atoms with Crippen molar-refractivity contribution in [2.24, 2.45) is 11.8 Å². The second kappa shape index (κ2) is 6.69. The molecule has 0 saturated heterocycles. The van der Waals surface area contributed by atoms with Gasteiger partial charge in [0.25, 0.3) is 0 Å². The van der Waals surface area contributed by atoms with Crippen LogP contribution in [0.15, 0.2) is 12.2 Å². The van der Waals surface area contributed by atoms with Crippen molar-refractivity contribution in [3.8, 4) is 0 Å². The van der Waals surface area contributed by atoms with Crippen molar-refractivity contribution in [2.45, 2.75) is 45.1 Å². The Morgan fingerprint density at radius 1 is 1.44 bits per heavy atom. The fourth-order valence-corrected chi connectivity index (χ4v) is 2.45. The number of rotatable bonds is 5. The predicted octanol–water partition coefficient (Wildman–Crippen LogP) is 2.29. The maximum atomic E-state index is 11.2. The molecule has 1 aliphatic rings. The van der Waals surface area contributed by atoms with E-state index in [9.17, 15) is 9.90 Å². The Labute approximate surface area is 97.5 Å². The molecule has 1 aliphatic carbocycles. The average molecular weight is 226 g/mol. The minimum atomic E-state index is -0.254. The molecule has 1 saturated carbocycles. The number of esters is 1. The molecular weight excluding hydrogens is 204 g/mol. The van der Waals surface area contributed by atoms with Gasteiger partial charge in [0.05, 0.1) is 13.2 Å². The first-order valence-electron chi connectivity index (χ1n) is 6.08. The quantitative estimate of drug-likeness (QED) is 0.578. The lowest BCUT2D eigenvalue weighted by atomic mass is 9.89. The van der Waals surface area contributed by atoms with Crippen molar-refractivity contribution < 1.29 is 14.6 Å². The molecule has 0 aromatic rings. The van der Waals surface area contributed by atoms with Crippen molar-refractivity contribution in [2.75, 3.05) is 7.11 Å². The van der Waals surface area contributed by atoms with Crippen LogP contribution in [0.5, 0.6) is 0 Å². The molecule has 0 amide bonds. The Balaban J connectivity index is 2.48. The summed E-state index contributed by atoms with van der Waals surface area (Å²) >= 11 is 0. The van der Waals surface area contributed by atoms with Gasteiger partial charge in [0.2, 0.25) is 0 Å². The second-order valence-electron chi connectivity index (χ2n) is 4.46. The van der Waals surface area contributed by atoms with E-state index in [0.717, 1.165) is 25.7 Å². The van der Waals surface area contributed by atoms with E-state index in [0.29, 0.717) is 6.42 Å². The van der Waals surface area contributed by atoms with Gasteiger partial charge in [-0.3, -0.25) is 4.79 Å². The summed E-state index contributed by atoms with van der Waals surface area (Å²) in [5, 5.41) is 9.86. The molecule has 3 heteroatoms. The van der Waals surface area contributed by atoms with Gasteiger partial charge in [0, 0.05) is 6.42 Å². The fraction of sp³-hybridized carbons (Fsp3) is 0.769. The van der Waals surface area contributed by atoms with Crippen molar-refractivity contribution in [1.29, 1.82) is 0 Å². The molecule has 1 rings (SSSR count). The Hall–Kier alpha value is -0.830. The van der Waals surface area contributed by atoms with Gasteiger partial charge in [-0.05, 0) is 37.5 Å². The summed E-state index contributed by atoms with van der Waals surface area (Å²) in [6.45, 7) is 2.09. The lowest BCUT2D eigenvalue weighted by molar-refractivity contribution is -0.142.